The Morgan fingerprint density at radius 2 is 2.11 bits per heavy atom. The van der Waals surface area contributed by atoms with Crippen molar-refractivity contribution in [2.24, 2.45) is 0 Å². The van der Waals surface area contributed by atoms with Crippen molar-refractivity contribution < 1.29 is 8.42 Å². The van der Waals surface area contributed by atoms with Crippen LogP contribution >= 0.6 is 11.6 Å². The average Bonchev–Trinajstić information content (AvgIpc) is 2.41. The highest BCUT2D eigenvalue weighted by molar-refractivity contribution is 7.89. The fourth-order valence-corrected chi connectivity index (χ4v) is 2.52. The summed E-state index contributed by atoms with van der Waals surface area (Å²) in [5.74, 6) is 0. The average molecular weight is 299 g/mol. The Kier molecular flexibility index (Phi) is 3.98. The molecular weight excluding hydrogens is 288 g/mol. The van der Waals surface area contributed by atoms with E-state index >= 15 is 0 Å². The van der Waals surface area contributed by atoms with Crippen molar-refractivity contribution >= 4 is 27.3 Å². The number of anilines is 1. The molecule has 0 radical (unpaired) electrons. The maximum absolute atomic E-state index is 12.0. The van der Waals surface area contributed by atoms with Gasteiger partial charge in [0.1, 0.15) is 0 Å². The summed E-state index contributed by atoms with van der Waals surface area (Å²) in [4.78, 5) is 0.0540. The van der Waals surface area contributed by atoms with Crippen molar-refractivity contribution in [2.45, 2.75) is 11.4 Å². The van der Waals surface area contributed by atoms with Crippen molar-refractivity contribution in [1.29, 1.82) is 0 Å². The molecule has 0 spiro atoms. The van der Waals surface area contributed by atoms with E-state index in [0.29, 0.717) is 10.7 Å². The summed E-state index contributed by atoms with van der Waals surface area (Å²) in [5.41, 5.74) is 6.31. The van der Waals surface area contributed by atoms with E-state index in [1.165, 1.54) is 24.4 Å². The van der Waals surface area contributed by atoms with E-state index in [9.17, 15) is 8.42 Å². The Balaban J connectivity index is 2.16. The van der Waals surface area contributed by atoms with E-state index < -0.39 is 10.0 Å². The van der Waals surface area contributed by atoms with Crippen LogP contribution in [-0.2, 0) is 16.6 Å². The van der Waals surface area contributed by atoms with Gasteiger partial charge in [-0.3, -0.25) is 0 Å². The van der Waals surface area contributed by atoms with Gasteiger partial charge in [0.2, 0.25) is 10.0 Å². The Bertz CT molecular complexity index is 676. The van der Waals surface area contributed by atoms with Crippen LogP contribution in [0.4, 0.5) is 5.69 Å². The molecule has 1 aromatic heterocycles. The number of aromatic nitrogens is 2. The van der Waals surface area contributed by atoms with Gasteiger partial charge < -0.3 is 5.73 Å². The first kappa shape index (κ1) is 13.7. The smallest absolute Gasteiger partial charge is 0.240 e. The second kappa shape index (κ2) is 5.52. The van der Waals surface area contributed by atoms with E-state index in [4.69, 9.17) is 17.3 Å². The van der Waals surface area contributed by atoms with Gasteiger partial charge in [-0.05, 0) is 30.3 Å². The zero-order chi connectivity index (χ0) is 13.9. The molecule has 2 rings (SSSR count). The molecule has 0 bridgehead atoms. The first-order valence-electron chi connectivity index (χ1n) is 5.30. The van der Waals surface area contributed by atoms with E-state index in [-0.39, 0.29) is 17.1 Å². The number of hydrogen-bond donors (Lipinski definition) is 2. The molecule has 0 atom stereocenters. The van der Waals surface area contributed by atoms with Gasteiger partial charge in [-0.15, -0.1) is 0 Å². The number of nitrogen functional groups attached to an aromatic ring is 1. The van der Waals surface area contributed by atoms with Crippen LogP contribution in [0.1, 0.15) is 5.69 Å². The first-order valence-corrected chi connectivity index (χ1v) is 7.16. The molecule has 0 unspecified atom stereocenters. The van der Waals surface area contributed by atoms with Crippen LogP contribution in [0.25, 0.3) is 0 Å². The van der Waals surface area contributed by atoms with Crippen molar-refractivity contribution in [3.63, 3.8) is 0 Å². The van der Waals surface area contributed by atoms with Crippen LogP contribution in [-0.4, -0.2) is 18.6 Å². The predicted molar refractivity (Wildman–Crippen MR) is 71.9 cm³/mol. The minimum absolute atomic E-state index is 0.0540. The van der Waals surface area contributed by atoms with Gasteiger partial charge in [0.25, 0.3) is 0 Å². The third-order valence-corrected chi connectivity index (χ3v) is 4.09. The van der Waals surface area contributed by atoms with E-state index in [1.54, 1.807) is 12.1 Å². The van der Waals surface area contributed by atoms with Gasteiger partial charge in [-0.1, -0.05) is 11.6 Å². The molecule has 0 aliphatic rings. The van der Waals surface area contributed by atoms with Gasteiger partial charge >= 0.3 is 0 Å². The Morgan fingerprint density at radius 3 is 2.74 bits per heavy atom. The highest BCUT2D eigenvalue weighted by atomic mass is 35.5. The predicted octanol–water partition coefficient (Wildman–Crippen LogP) is 1.19. The highest BCUT2D eigenvalue weighted by Gasteiger charge is 2.15. The molecule has 0 saturated carbocycles. The van der Waals surface area contributed by atoms with Crippen LogP contribution in [0.3, 0.4) is 0 Å². The largest absolute Gasteiger partial charge is 0.397 e. The van der Waals surface area contributed by atoms with Crippen LogP contribution in [0.15, 0.2) is 41.4 Å². The third kappa shape index (κ3) is 3.40. The monoisotopic (exact) mass is 298 g/mol. The zero-order valence-corrected chi connectivity index (χ0v) is 11.3. The number of hydrogen-bond acceptors (Lipinski definition) is 5. The van der Waals surface area contributed by atoms with E-state index in [2.05, 4.69) is 14.9 Å². The van der Waals surface area contributed by atoms with Gasteiger partial charge in [0.05, 0.1) is 27.8 Å². The Morgan fingerprint density at radius 1 is 1.32 bits per heavy atom. The second-order valence-electron chi connectivity index (χ2n) is 3.72. The fourth-order valence-electron chi connectivity index (χ4n) is 1.37. The summed E-state index contributed by atoms with van der Waals surface area (Å²) in [6.07, 6.45) is 1.51. The van der Waals surface area contributed by atoms with Crippen LogP contribution in [0.5, 0.6) is 0 Å². The second-order valence-corrected chi connectivity index (χ2v) is 5.90. The standard InChI is InChI=1S/C11H11ClN4O2S/c12-10-4-3-9(6-11(10)13)19(17,18)15-7-8-2-1-5-14-16-8/h1-6,15H,7,13H2. The molecule has 100 valence electrons. The van der Waals surface area contributed by atoms with Crippen molar-refractivity contribution in [2.75, 3.05) is 5.73 Å². The van der Waals surface area contributed by atoms with E-state index in [0.717, 1.165) is 0 Å². The first-order chi connectivity index (χ1) is 8.99. The number of halogens is 1. The van der Waals surface area contributed by atoms with Crippen molar-refractivity contribution in [3.8, 4) is 0 Å². The lowest BCUT2D eigenvalue weighted by Crippen LogP contribution is -2.24. The molecule has 3 N–H and O–H groups in total. The molecular formula is C11H11ClN4O2S. The summed E-state index contributed by atoms with van der Waals surface area (Å²) in [7, 11) is -3.65. The molecule has 0 aliphatic heterocycles. The van der Waals surface area contributed by atoms with Crippen LogP contribution in [0, 0.1) is 0 Å². The SMILES string of the molecule is Nc1cc(S(=O)(=O)NCc2cccnn2)ccc1Cl. The minimum Gasteiger partial charge on any atom is -0.397 e. The lowest BCUT2D eigenvalue weighted by Gasteiger charge is -2.07. The number of benzene rings is 1. The topological polar surface area (TPSA) is 98.0 Å². The molecule has 0 amide bonds. The molecule has 1 heterocycles. The molecule has 8 heteroatoms. The molecule has 0 saturated heterocycles. The summed E-state index contributed by atoms with van der Waals surface area (Å²) < 4.78 is 26.4. The highest BCUT2D eigenvalue weighted by Crippen LogP contribution is 2.22. The number of rotatable bonds is 4. The number of nitrogens with one attached hydrogen (secondary N) is 1. The molecule has 19 heavy (non-hydrogen) atoms. The summed E-state index contributed by atoms with van der Waals surface area (Å²) >= 11 is 5.75. The molecule has 2 aromatic rings. The fraction of sp³-hybridized carbons (Fsp3) is 0.0909. The normalized spacial score (nSPS) is 11.4. The van der Waals surface area contributed by atoms with E-state index in [1.807, 2.05) is 0 Å². The summed E-state index contributed by atoms with van der Waals surface area (Å²) in [6, 6.07) is 7.48. The minimum atomic E-state index is -3.65. The quantitative estimate of drug-likeness (QED) is 0.826. The molecule has 6 nitrogen and oxygen atoms in total. The number of sulfonamides is 1. The maximum atomic E-state index is 12.0. The van der Waals surface area contributed by atoms with Crippen LogP contribution < -0.4 is 10.5 Å². The lowest BCUT2D eigenvalue weighted by molar-refractivity contribution is 0.580. The summed E-state index contributed by atoms with van der Waals surface area (Å²) in [5, 5.41) is 7.76. The Hall–Kier alpha value is -1.70. The van der Waals surface area contributed by atoms with Gasteiger partial charge in [0.15, 0.2) is 0 Å². The number of nitrogens with two attached hydrogens (primary N) is 1. The van der Waals surface area contributed by atoms with Crippen molar-refractivity contribution in [3.05, 3.63) is 47.2 Å². The van der Waals surface area contributed by atoms with Gasteiger partial charge in [-0.25, -0.2) is 13.1 Å². The van der Waals surface area contributed by atoms with Crippen LogP contribution in [0.2, 0.25) is 5.02 Å². The number of nitrogens with zero attached hydrogens (tertiary/aromatic N) is 2. The molecule has 1 aromatic carbocycles. The van der Waals surface area contributed by atoms with Crippen molar-refractivity contribution in [1.82, 2.24) is 14.9 Å². The van der Waals surface area contributed by atoms with Gasteiger partial charge in [0, 0.05) is 6.20 Å². The summed E-state index contributed by atoms with van der Waals surface area (Å²) in [6.45, 7) is 0.0543. The Labute approximate surface area is 115 Å². The van der Waals surface area contributed by atoms with Gasteiger partial charge in [-0.2, -0.15) is 10.2 Å². The maximum Gasteiger partial charge on any atom is 0.240 e. The molecule has 0 aliphatic carbocycles. The third-order valence-electron chi connectivity index (χ3n) is 2.35. The zero-order valence-electron chi connectivity index (χ0n) is 9.75. The lowest BCUT2D eigenvalue weighted by atomic mass is 10.3. The molecule has 0 fully saturated rings.